The summed E-state index contributed by atoms with van der Waals surface area (Å²) in [5.74, 6) is 0.305. The largest absolute Gasteiger partial charge is 0.197 e. The maximum absolute atomic E-state index is 9.54. The number of nitrogens with zero attached hydrogens (tertiary/aromatic N) is 1. The first-order valence-corrected chi connectivity index (χ1v) is 5.75. The summed E-state index contributed by atoms with van der Waals surface area (Å²) >= 11 is 0. The molecule has 1 aromatic rings. The molecule has 1 rings (SSSR count). The molecule has 0 aliphatic heterocycles. The van der Waals surface area contributed by atoms with Gasteiger partial charge in [0, 0.05) is 0 Å². The van der Waals surface area contributed by atoms with Crippen molar-refractivity contribution in [2.24, 2.45) is 5.92 Å². The first kappa shape index (κ1) is 12.5. The lowest BCUT2D eigenvalue weighted by Gasteiger charge is -2.31. The van der Waals surface area contributed by atoms with E-state index in [1.165, 1.54) is 0 Å². The molecule has 0 saturated heterocycles. The standard InChI is InChI=1S/C15H19N/c1-4-5-11-15(12-16,13(2)3)14-9-7-6-8-10-14/h4,6-10,13H,1,5,11H2,2-3H3. The van der Waals surface area contributed by atoms with Crippen LogP contribution in [0.3, 0.4) is 0 Å². The summed E-state index contributed by atoms with van der Waals surface area (Å²) in [6.45, 7) is 7.96. The second kappa shape index (κ2) is 5.51. The minimum Gasteiger partial charge on any atom is -0.197 e. The molecule has 0 amide bonds. The van der Waals surface area contributed by atoms with E-state index < -0.39 is 0 Å². The Morgan fingerprint density at radius 1 is 1.38 bits per heavy atom. The van der Waals surface area contributed by atoms with Gasteiger partial charge in [0.25, 0.3) is 0 Å². The number of hydrogen-bond acceptors (Lipinski definition) is 1. The van der Waals surface area contributed by atoms with Gasteiger partial charge in [0.1, 0.15) is 0 Å². The second-order valence-electron chi connectivity index (χ2n) is 4.43. The van der Waals surface area contributed by atoms with Crippen molar-refractivity contribution >= 4 is 0 Å². The first-order chi connectivity index (χ1) is 7.67. The minimum atomic E-state index is -0.380. The Morgan fingerprint density at radius 2 is 2.00 bits per heavy atom. The SMILES string of the molecule is C=CCCC(C#N)(c1ccccc1)C(C)C. The van der Waals surface area contributed by atoms with Crippen molar-refractivity contribution in [3.05, 3.63) is 48.6 Å². The zero-order chi connectivity index (χ0) is 12.0. The summed E-state index contributed by atoms with van der Waals surface area (Å²) in [7, 11) is 0. The Bertz CT molecular complexity index is 372. The molecule has 1 nitrogen and oxygen atoms in total. The average Bonchev–Trinajstić information content (AvgIpc) is 2.31. The fourth-order valence-corrected chi connectivity index (χ4v) is 2.08. The molecule has 1 atom stereocenters. The molecule has 1 unspecified atom stereocenters. The van der Waals surface area contributed by atoms with Crippen molar-refractivity contribution in [2.45, 2.75) is 32.1 Å². The van der Waals surface area contributed by atoms with Crippen LogP contribution in [0.25, 0.3) is 0 Å². The van der Waals surface area contributed by atoms with Crippen LogP contribution in [-0.4, -0.2) is 0 Å². The van der Waals surface area contributed by atoms with Crippen LogP contribution in [-0.2, 0) is 5.41 Å². The van der Waals surface area contributed by atoms with Crippen LogP contribution in [0.2, 0.25) is 0 Å². The monoisotopic (exact) mass is 213 g/mol. The first-order valence-electron chi connectivity index (χ1n) is 5.75. The summed E-state index contributed by atoms with van der Waals surface area (Å²) in [6.07, 6.45) is 3.60. The van der Waals surface area contributed by atoms with Gasteiger partial charge in [0.15, 0.2) is 0 Å². The summed E-state index contributed by atoms with van der Waals surface area (Å²) in [4.78, 5) is 0. The normalized spacial score (nSPS) is 14.1. The van der Waals surface area contributed by atoms with Gasteiger partial charge in [-0.05, 0) is 24.3 Å². The number of benzene rings is 1. The molecule has 1 aromatic carbocycles. The van der Waals surface area contributed by atoms with Gasteiger partial charge in [0.05, 0.1) is 11.5 Å². The molecule has 0 aromatic heterocycles. The van der Waals surface area contributed by atoms with E-state index in [9.17, 15) is 5.26 Å². The van der Waals surface area contributed by atoms with Crippen molar-refractivity contribution in [1.29, 1.82) is 5.26 Å². The Kier molecular flexibility index (Phi) is 4.31. The fourth-order valence-electron chi connectivity index (χ4n) is 2.08. The van der Waals surface area contributed by atoms with E-state index in [1.54, 1.807) is 0 Å². The predicted molar refractivity (Wildman–Crippen MR) is 68.0 cm³/mol. The number of rotatable bonds is 5. The van der Waals surface area contributed by atoms with Crippen LogP contribution < -0.4 is 0 Å². The number of nitriles is 1. The second-order valence-corrected chi connectivity index (χ2v) is 4.43. The lowest BCUT2D eigenvalue weighted by atomic mass is 9.70. The zero-order valence-electron chi connectivity index (χ0n) is 10.1. The molecule has 0 N–H and O–H groups in total. The Morgan fingerprint density at radius 3 is 2.44 bits per heavy atom. The van der Waals surface area contributed by atoms with Crippen LogP contribution in [0.15, 0.2) is 43.0 Å². The molecule has 1 heteroatoms. The van der Waals surface area contributed by atoms with Crippen LogP contribution in [0.4, 0.5) is 0 Å². The van der Waals surface area contributed by atoms with Gasteiger partial charge in [0.2, 0.25) is 0 Å². The molecule has 0 aliphatic rings. The van der Waals surface area contributed by atoms with E-state index in [4.69, 9.17) is 0 Å². The molecule has 0 spiro atoms. The molecule has 0 fully saturated rings. The van der Waals surface area contributed by atoms with Crippen molar-refractivity contribution < 1.29 is 0 Å². The van der Waals surface area contributed by atoms with E-state index in [-0.39, 0.29) is 5.41 Å². The zero-order valence-corrected chi connectivity index (χ0v) is 10.1. The smallest absolute Gasteiger partial charge is 0.0848 e. The van der Waals surface area contributed by atoms with Crippen molar-refractivity contribution in [2.75, 3.05) is 0 Å². The third kappa shape index (κ3) is 2.33. The molecule has 0 aliphatic carbocycles. The fraction of sp³-hybridized carbons (Fsp3) is 0.400. The summed E-state index contributed by atoms with van der Waals surface area (Å²) in [5, 5.41) is 9.54. The van der Waals surface area contributed by atoms with Gasteiger partial charge in [-0.2, -0.15) is 5.26 Å². The lowest BCUT2D eigenvalue weighted by Crippen LogP contribution is -2.30. The van der Waals surface area contributed by atoms with E-state index >= 15 is 0 Å². The van der Waals surface area contributed by atoms with Gasteiger partial charge in [-0.3, -0.25) is 0 Å². The van der Waals surface area contributed by atoms with Gasteiger partial charge in [-0.1, -0.05) is 50.3 Å². The quantitative estimate of drug-likeness (QED) is 0.676. The van der Waals surface area contributed by atoms with E-state index in [1.807, 2.05) is 36.4 Å². The molecule has 0 heterocycles. The van der Waals surface area contributed by atoms with Gasteiger partial charge in [-0.15, -0.1) is 6.58 Å². The Hall–Kier alpha value is -1.55. The van der Waals surface area contributed by atoms with Crippen LogP contribution in [0, 0.1) is 17.2 Å². The molecule has 84 valence electrons. The van der Waals surface area contributed by atoms with Crippen LogP contribution in [0.1, 0.15) is 32.3 Å². The average molecular weight is 213 g/mol. The third-order valence-corrected chi connectivity index (χ3v) is 3.22. The summed E-state index contributed by atoms with van der Waals surface area (Å²) < 4.78 is 0. The Labute approximate surface area is 98.4 Å². The van der Waals surface area contributed by atoms with Gasteiger partial charge < -0.3 is 0 Å². The van der Waals surface area contributed by atoms with E-state index in [2.05, 4.69) is 26.5 Å². The number of allylic oxidation sites excluding steroid dienone is 1. The molecule has 0 bridgehead atoms. The third-order valence-electron chi connectivity index (χ3n) is 3.22. The highest BCUT2D eigenvalue weighted by Crippen LogP contribution is 2.36. The van der Waals surface area contributed by atoms with Gasteiger partial charge in [-0.25, -0.2) is 0 Å². The predicted octanol–water partition coefficient (Wildman–Crippen LogP) is 4.07. The molecule has 0 radical (unpaired) electrons. The maximum atomic E-state index is 9.54. The molecule has 16 heavy (non-hydrogen) atoms. The van der Waals surface area contributed by atoms with Crippen LogP contribution >= 0.6 is 0 Å². The highest BCUT2D eigenvalue weighted by molar-refractivity contribution is 5.33. The molecular weight excluding hydrogens is 194 g/mol. The minimum absolute atomic E-state index is 0.305. The summed E-state index contributed by atoms with van der Waals surface area (Å²) in [5.41, 5.74) is 0.740. The van der Waals surface area contributed by atoms with Crippen molar-refractivity contribution in [3.8, 4) is 6.07 Å². The summed E-state index contributed by atoms with van der Waals surface area (Å²) in [6, 6.07) is 12.6. The molecular formula is C15H19N. The lowest BCUT2D eigenvalue weighted by molar-refractivity contribution is 0.371. The highest BCUT2D eigenvalue weighted by atomic mass is 14.4. The van der Waals surface area contributed by atoms with Gasteiger partial charge >= 0.3 is 0 Å². The molecule has 0 saturated carbocycles. The van der Waals surface area contributed by atoms with Crippen molar-refractivity contribution in [3.63, 3.8) is 0 Å². The topological polar surface area (TPSA) is 23.8 Å². The maximum Gasteiger partial charge on any atom is 0.0848 e. The van der Waals surface area contributed by atoms with E-state index in [0.29, 0.717) is 5.92 Å². The number of hydrogen-bond donors (Lipinski definition) is 0. The van der Waals surface area contributed by atoms with Crippen molar-refractivity contribution in [1.82, 2.24) is 0 Å². The van der Waals surface area contributed by atoms with Crippen LogP contribution in [0.5, 0.6) is 0 Å². The van der Waals surface area contributed by atoms with E-state index in [0.717, 1.165) is 18.4 Å². The highest BCUT2D eigenvalue weighted by Gasteiger charge is 2.34. The Balaban J connectivity index is 3.13.